The van der Waals surface area contributed by atoms with Gasteiger partial charge in [0.2, 0.25) is 5.75 Å². The Labute approximate surface area is 121 Å². The molecule has 0 radical (unpaired) electrons. The smallest absolute Gasteiger partial charge is 0.203 e. The van der Waals surface area contributed by atoms with Crippen molar-refractivity contribution in [3.8, 4) is 17.2 Å². The molecule has 0 heterocycles. The topological polar surface area (TPSA) is 39.7 Å². The van der Waals surface area contributed by atoms with Gasteiger partial charge in [-0.3, -0.25) is 0 Å². The van der Waals surface area contributed by atoms with Crippen molar-refractivity contribution < 1.29 is 14.2 Å². The van der Waals surface area contributed by atoms with Crippen molar-refractivity contribution in [2.45, 2.75) is 31.7 Å². The van der Waals surface area contributed by atoms with E-state index >= 15 is 0 Å². The van der Waals surface area contributed by atoms with Crippen molar-refractivity contribution in [1.82, 2.24) is 5.32 Å². The molecule has 0 aliphatic heterocycles. The third-order valence-corrected chi connectivity index (χ3v) is 4.25. The highest BCUT2D eigenvalue weighted by Crippen LogP contribution is 2.44. The predicted molar refractivity (Wildman–Crippen MR) is 79.9 cm³/mol. The molecule has 1 fully saturated rings. The Kier molecular flexibility index (Phi) is 5.12. The van der Waals surface area contributed by atoms with E-state index in [1.165, 1.54) is 19.3 Å². The molecule has 1 N–H and O–H groups in total. The highest BCUT2D eigenvalue weighted by molar-refractivity contribution is 5.56. The first-order valence-electron chi connectivity index (χ1n) is 7.21. The van der Waals surface area contributed by atoms with Crippen LogP contribution in [0.15, 0.2) is 12.1 Å². The van der Waals surface area contributed by atoms with Crippen LogP contribution < -0.4 is 19.5 Å². The fourth-order valence-electron chi connectivity index (χ4n) is 2.86. The normalized spacial score (nSPS) is 16.4. The lowest BCUT2D eigenvalue weighted by molar-refractivity contribution is 0.261. The van der Waals surface area contributed by atoms with Crippen LogP contribution in [-0.2, 0) is 0 Å². The minimum absolute atomic E-state index is 0.287. The molecule has 20 heavy (non-hydrogen) atoms. The standard InChI is InChI=1S/C16H25NO3/c1-17-13(10-11-6-5-7-11)12-8-9-14(18-2)16(20-4)15(12)19-3/h8-9,11,13,17H,5-7,10H2,1-4H3. The van der Waals surface area contributed by atoms with Gasteiger partial charge >= 0.3 is 0 Å². The predicted octanol–water partition coefficient (Wildman–Crippen LogP) is 3.16. The van der Waals surface area contributed by atoms with E-state index in [4.69, 9.17) is 14.2 Å². The van der Waals surface area contributed by atoms with Crippen molar-refractivity contribution in [2.24, 2.45) is 5.92 Å². The molecule has 1 aliphatic carbocycles. The molecule has 4 heteroatoms. The summed E-state index contributed by atoms with van der Waals surface area (Å²) in [5.41, 5.74) is 1.14. The third kappa shape index (κ3) is 2.85. The van der Waals surface area contributed by atoms with E-state index in [-0.39, 0.29) is 6.04 Å². The summed E-state index contributed by atoms with van der Waals surface area (Å²) >= 11 is 0. The summed E-state index contributed by atoms with van der Waals surface area (Å²) in [6.45, 7) is 0. The average molecular weight is 279 g/mol. The van der Waals surface area contributed by atoms with Crippen molar-refractivity contribution in [3.63, 3.8) is 0 Å². The van der Waals surface area contributed by atoms with E-state index in [2.05, 4.69) is 11.4 Å². The minimum atomic E-state index is 0.287. The summed E-state index contributed by atoms with van der Waals surface area (Å²) in [6.07, 6.45) is 5.19. The lowest BCUT2D eigenvalue weighted by Gasteiger charge is -2.30. The molecule has 112 valence electrons. The van der Waals surface area contributed by atoms with Crippen molar-refractivity contribution in [1.29, 1.82) is 0 Å². The Morgan fingerprint density at radius 3 is 2.25 bits per heavy atom. The number of nitrogens with one attached hydrogen (secondary N) is 1. The fourth-order valence-corrected chi connectivity index (χ4v) is 2.86. The van der Waals surface area contributed by atoms with Crippen LogP contribution in [0.1, 0.15) is 37.3 Å². The van der Waals surface area contributed by atoms with Crippen LogP contribution in [0.25, 0.3) is 0 Å². The second-order valence-corrected chi connectivity index (χ2v) is 5.30. The molecule has 1 aromatic carbocycles. The van der Waals surface area contributed by atoms with Crippen LogP contribution in [0.4, 0.5) is 0 Å². The Bertz CT molecular complexity index is 444. The average Bonchev–Trinajstić information content (AvgIpc) is 2.44. The van der Waals surface area contributed by atoms with Gasteiger partial charge in [0.05, 0.1) is 21.3 Å². The molecule has 0 spiro atoms. The van der Waals surface area contributed by atoms with Crippen LogP contribution in [0.3, 0.4) is 0 Å². The number of rotatable bonds is 7. The Balaban J connectivity index is 2.32. The number of ether oxygens (including phenoxy) is 3. The van der Waals surface area contributed by atoms with Gasteiger partial charge in [0.25, 0.3) is 0 Å². The highest BCUT2D eigenvalue weighted by Gasteiger charge is 2.26. The molecule has 1 aliphatic rings. The Morgan fingerprint density at radius 2 is 1.80 bits per heavy atom. The summed E-state index contributed by atoms with van der Waals surface area (Å²) in [6, 6.07) is 4.30. The molecule has 0 aromatic heterocycles. The Hall–Kier alpha value is -1.42. The third-order valence-electron chi connectivity index (χ3n) is 4.25. The van der Waals surface area contributed by atoms with Gasteiger partial charge in [0.15, 0.2) is 11.5 Å². The van der Waals surface area contributed by atoms with Gasteiger partial charge < -0.3 is 19.5 Å². The maximum atomic E-state index is 5.58. The maximum absolute atomic E-state index is 5.58. The monoisotopic (exact) mass is 279 g/mol. The van der Waals surface area contributed by atoms with Crippen LogP contribution in [0.2, 0.25) is 0 Å². The molecule has 2 rings (SSSR count). The van der Waals surface area contributed by atoms with Gasteiger partial charge in [-0.15, -0.1) is 0 Å². The number of hydrogen-bond donors (Lipinski definition) is 1. The SMILES string of the molecule is CNC(CC1CCC1)c1ccc(OC)c(OC)c1OC. The summed E-state index contributed by atoms with van der Waals surface area (Å²) in [4.78, 5) is 0. The van der Waals surface area contributed by atoms with E-state index in [9.17, 15) is 0 Å². The molecule has 0 bridgehead atoms. The first kappa shape index (κ1) is 15.0. The van der Waals surface area contributed by atoms with E-state index in [1.54, 1.807) is 21.3 Å². The second-order valence-electron chi connectivity index (χ2n) is 5.30. The van der Waals surface area contributed by atoms with Gasteiger partial charge in [-0.1, -0.05) is 19.3 Å². The van der Waals surface area contributed by atoms with E-state index in [1.807, 2.05) is 13.1 Å². The number of methoxy groups -OCH3 is 3. The first-order chi connectivity index (χ1) is 9.74. The Morgan fingerprint density at radius 1 is 1.10 bits per heavy atom. The molecular weight excluding hydrogens is 254 g/mol. The van der Waals surface area contributed by atoms with Crippen molar-refractivity contribution in [2.75, 3.05) is 28.4 Å². The zero-order valence-corrected chi connectivity index (χ0v) is 12.9. The highest BCUT2D eigenvalue weighted by atomic mass is 16.5. The molecule has 1 saturated carbocycles. The zero-order valence-electron chi connectivity index (χ0n) is 12.9. The summed E-state index contributed by atoms with van der Waals surface area (Å²) in [5, 5.41) is 3.40. The van der Waals surface area contributed by atoms with Gasteiger partial charge in [0, 0.05) is 11.6 Å². The van der Waals surface area contributed by atoms with Crippen LogP contribution >= 0.6 is 0 Å². The zero-order chi connectivity index (χ0) is 14.5. The van der Waals surface area contributed by atoms with E-state index in [0.29, 0.717) is 11.5 Å². The largest absolute Gasteiger partial charge is 0.493 e. The summed E-state index contributed by atoms with van der Waals surface area (Å²) in [5.74, 6) is 2.96. The maximum Gasteiger partial charge on any atom is 0.203 e. The summed E-state index contributed by atoms with van der Waals surface area (Å²) in [7, 11) is 6.96. The van der Waals surface area contributed by atoms with Crippen molar-refractivity contribution >= 4 is 0 Å². The second kappa shape index (κ2) is 6.84. The molecule has 1 atom stereocenters. The van der Waals surface area contributed by atoms with Crippen LogP contribution in [0, 0.1) is 5.92 Å². The van der Waals surface area contributed by atoms with Gasteiger partial charge in [-0.05, 0) is 31.5 Å². The van der Waals surface area contributed by atoms with Gasteiger partial charge in [-0.25, -0.2) is 0 Å². The fraction of sp³-hybridized carbons (Fsp3) is 0.625. The van der Waals surface area contributed by atoms with Crippen LogP contribution in [-0.4, -0.2) is 28.4 Å². The number of hydrogen-bond acceptors (Lipinski definition) is 4. The first-order valence-corrected chi connectivity index (χ1v) is 7.21. The molecule has 1 unspecified atom stereocenters. The quantitative estimate of drug-likeness (QED) is 0.832. The molecular formula is C16H25NO3. The van der Waals surface area contributed by atoms with Crippen molar-refractivity contribution in [3.05, 3.63) is 17.7 Å². The number of benzene rings is 1. The van der Waals surface area contributed by atoms with Crippen LogP contribution in [0.5, 0.6) is 17.2 Å². The molecule has 0 amide bonds. The lowest BCUT2D eigenvalue weighted by Crippen LogP contribution is -2.23. The summed E-state index contributed by atoms with van der Waals surface area (Å²) < 4.78 is 16.4. The lowest BCUT2D eigenvalue weighted by atomic mass is 9.79. The molecule has 1 aromatic rings. The molecule has 0 saturated heterocycles. The van der Waals surface area contributed by atoms with Gasteiger partial charge in [0.1, 0.15) is 0 Å². The minimum Gasteiger partial charge on any atom is -0.493 e. The van der Waals surface area contributed by atoms with E-state index in [0.717, 1.165) is 23.7 Å². The molecule has 4 nitrogen and oxygen atoms in total. The van der Waals surface area contributed by atoms with E-state index < -0.39 is 0 Å². The van der Waals surface area contributed by atoms with Gasteiger partial charge in [-0.2, -0.15) is 0 Å².